The summed E-state index contributed by atoms with van der Waals surface area (Å²) in [5.41, 5.74) is 3.01. The second kappa shape index (κ2) is 11.1. The molecule has 3 aromatic rings. The lowest BCUT2D eigenvalue weighted by Crippen LogP contribution is -2.50. The predicted molar refractivity (Wildman–Crippen MR) is 139 cm³/mol. The van der Waals surface area contributed by atoms with Crippen molar-refractivity contribution >= 4 is 17.6 Å². The van der Waals surface area contributed by atoms with Gasteiger partial charge in [-0.2, -0.15) is 5.26 Å². The Balaban J connectivity index is 1.45. The van der Waals surface area contributed by atoms with Gasteiger partial charge in [0, 0.05) is 24.1 Å². The molecule has 1 fully saturated rings. The van der Waals surface area contributed by atoms with Gasteiger partial charge in [-0.25, -0.2) is 9.18 Å². The van der Waals surface area contributed by atoms with Crippen molar-refractivity contribution in [2.24, 2.45) is 0 Å². The largest absolute Gasteiger partial charge is 0.497 e. The van der Waals surface area contributed by atoms with E-state index in [1.165, 1.54) is 0 Å². The number of halogens is 1. The minimum absolute atomic E-state index is 0.236. The van der Waals surface area contributed by atoms with Crippen molar-refractivity contribution in [3.05, 3.63) is 94.8 Å². The van der Waals surface area contributed by atoms with Crippen molar-refractivity contribution in [3.8, 4) is 11.8 Å². The number of nitrogens with zero attached hydrogens (tertiary/aromatic N) is 1. The van der Waals surface area contributed by atoms with Crippen LogP contribution in [0.2, 0.25) is 0 Å². The van der Waals surface area contributed by atoms with Crippen molar-refractivity contribution in [3.63, 3.8) is 0 Å². The average Bonchev–Trinajstić information content (AvgIpc) is 3.70. The molecule has 4 rings (SSSR count). The van der Waals surface area contributed by atoms with Crippen LogP contribution in [0.5, 0.6) is 5.75 Å². The smallest absolute Gasteiger partial charge is 0.319 e. The maximum Gasteiger partial charge on any atom is 0.319 e. The van der Waals surface area contributed by atoms with Crippen LogP contribution in [0.4, 0.5) is 14.9 Å². The fourth-order valence-electron chi connectivity index (χ4n) is 4.18. The molecular formula is C29H29FN4O3. The minimum atomic E-state index is -0.864. The van der Waals surface area contributed by atoms with Crippen molar-refractivity contribution < 1.29 is 18.7 Å². The van der Waals surface area contributed by atoms with E-state index in [4.69, 9.17) is 10.00 Å². The molecule has 0 saturated heterocycles. The van der Waals surface area contributed by atoms with Crippen LogP contribution >= 0.6 is 0 Å². The summed E-state index contributed by atoms with van der Waals surface area (Å²) in [5, 5.41) is 17.5. The first-order chi connectivity index (χ1) is 17.8. The van der Waals surface area contributed by atoms with Gasteiger partial charge in [0.25, 0.3) is 0 Å². The number of nitriles is 1. The van der Waals surface area contributed by atoms with E-state index in [1.54, 1.807) is 74.7 Å². The molecule has 190 valence electrons. The third-order valence-corrected chi connectivity index (χ3v) is 6.73. The molecular weight excluding hydrogens is 471 g/mol. The van der Waals surface area contributed by atoms with E-state index in [0.717, 1.165) is 24.0 Å². The summed E-state index contributed by atoms with van der Waals surface area (Å²) in [7, 11) is 1.56. The lowest BCUT2D eigenvalue weighted by Gasteiger charge is -2.22. The number of hydrogen-bond donors (Lipinski definition) is 3. The standard InChI is InChI=1S/C29H29FN4O3/c1-19-3-8-22(16-25(19)30)29(13-14-29)18-32-27(35)26(15-20-4-6-21(17-31)7-5-20)34-28(36)33-23-9-11-24(37-2)12-10-23/h3-12,16,26H,13-15,18H2,1-2H3,(H,32,35)(H2,33,34,36)/t26-/m0/s1. The van der Waals surface area contributed by atoms with Gasteiger partial charge in [-0.15, -0.1) is 0 Å². The number of anilines is 1. The number of methoxy groups -OCH3 is 1. The summed E-state index contributed by atoms with van der Waals surface area (Å²) in [4.78, 5) is 26.0. The number of nitrogens with one attached hydrogen (secondary N) is 3. The molecule has 0 heterocycles. The maximum absolute atomic E-state index is 14.2. The van der Waals surface area contributed by atoms with Gasteiger partial charge < -0.3 is 20.7 Å². The number of urea groups is 1. The van der Waals surface area contributed by atoms with Gasteiger partial charge in [0.1, 0.15) is 17.6 Å². The summed E-state index contributed by atoms with van der Waals surface area (Å²) >= 11 is 0. The SMILES string of the molecule is COc1ccc(NC(=O)N[C@@H](Cc2ccc(C#N)cc2)C(=O)NCC2(c3ccc(C)c(F)c3)CC2)cc1. The molecule has 1 aliphatic carbocycles. The molecule has 7 nitrogen and oxygen atoms in total. The first kappa shape index (κ1) is 25.7. The first-order valence-corrected chi connectivity index (χ1v) is 12.1. The molecule has 3 aromatic carbocycles. The minimum Gasteiger partial charge on any atom is -0.497 e. The van der Waals surface area contributed by atoms with E-state index in [0.29, 0.717) is 29.1 Å². The van der Waals surface area contributed by atoms with Crippen molar-refractivity contribution in [2.75, 3.05) is 19.0 Å². The third-order valence-electron chi connectivity index (χ3n) is 6.73. The second-order valence-corrected chi connectivity index (χ2v) is 9.35. The lowest BCUT2D eigenvalue weighted by molar-refractivity contribution is -0.123. The molecule has 3 N–H and O–H groups in total. The number of benzene rings is 3. The van der Waals surface area contributed by atoms with Crippen LogP contribution in [0, 0.1) is 24.1 Å². The van der Waals surface area contributed by atoms with Crippen LogP contribution < -0.4 is 20.7 Å². The van der Waals surface area contributed by atoms with E-state index >= 15 is 0 Å². The van der Waals surface area contributed by atoms with E-state index in [2.05, 4.69) is 22.0 Å². The molecule has 1 saturated carbocycles. The van der Waals surface area contributed by atoms with Gasteiger partial charge in [-0.05, 0) is 78.9 Å². The first-order valence-electron chi connectivity index (χ1n) is 12.1. The number of carbonyl (C=O) groups excluding carboxylic acids is 2. The zero-order chi connectivity index (χ0) is 26.4. The molecule has 37 heavy (non-hydrogen) atoms. The number of carbonyl (C=O) groups is 2. The monoisotopic (exact) mass is 500 g/mol. The topological polar surface area (TPSA) is 103 Å². The fourth-order valence-corrected chi connectivity index (χ4v) is 4.18. The van der Waals surface area contributed by atoms with Crippen LogP contribution in [-0.2, 0) is 16.6 Å². The van der Waals surface area contributed by atoms with Gasteiger partial charge in [0.2, 0.25) is 5.91 Å². The lowest BCUT2D eigenvalue weighted by atomic mass is 9.94. The Morgan fingerprint density at radius 1 is 1.08 bits per heavy atom. The summed E-state index contributed by atoms with van der Waals surface area (Å²) < 4.78 is 19.3. The van der Waals surface area contributed by atoms with Gasteiger partial charge in [-0.3, -0.25) is 4.79 Å². The Morgan fingerprint density at radius 3 is 2.38 bits per heavy atom. The van der Waals surface area contributed by atoms with Crippen molar-refractivity contribution in [1.29, 1.82) is 5.26 Å². The normalized spacial score (nSPS) is 14.1. The van der Waals surface area contributed by atoms with E-state index in [9.17, 15) is 14.0 Å². The predicted octanol–water partition coefficient (Wildman–Crippen LogP) is 4.60. The molecule has 0 aromatic heterocycles. The van der Waals surface area contributed by atoms with Crippen LogP contribution in [0.3, 0.4) is 0 Å². The van der Waals surface area contributed by atoms with Gasteiger partial charge in [-0.1, -0.05) is 24.3 Å². The molecule has 8 heteroatoms. The Hall–Kier alpha value is -4.38. The van der Waals surface area contributed by atoms with Crippen LogP contribution in [0.15, 0.2) is 66.7 Å². The quantitative estimate of drug-likeness (QED) is 0.400. The summed E-state index contributed by atoms with van der Waals surface area (Å²) in [6.07, 6.45) is 1.93. The van der Waals surface area contributed by atoms with E-state index in [1.807, 2.05) is 6.07 Å². The third kappa shape index (κ3) is 6.44. The van der Waals surface area contributed by atoms with Crippen LogP contribution in [-0.4, -0.2) is 31.6 Å². The molecule has 0 unspecified atom stereocenters. The molecule has 0 radical (unpaired) electrons. The summed E-state index contributed by atoms with van der Waals surface area (Å²) in [6.45, 7) is 2.07. The number of amides is 3. The highest BCUT2D eigenvalue weighted by molar-refractivity contribution is 5.94. The Labute approximate surface area is 215 Å². The molecule has 1 aliphatic rings. The Morgan fingerprint density at radius 2 is 1.78 bits per heavy atom. The molecule has 0 aliphatic heterocycles. The molecule has 0 bridgehead atoms. The molecule has 1 atom stereocenters. The van der Waals surface area contributed by atoms with Crippen LogP contribution in [0.25, 0.3) is 0 Å². The highest BCUT2D eigenvalue weighted by Gasteiger charge is 2.45. The number of hydrogen-bond acceptors (Lipinski definition) is 4. The fraction of sp³-hybridized carbons (Fsp3) is 0.276. The molecule has 3 amide bonds. The van der Waals surface area contributed by atoms with Crippen molar-refractivity contribution in [2.45, 2.75) is 37.6 Å². The van der Waals surface area contributed by atoms with E-state index < -0.39 is 12.1 Å². The summed E-state index contributed by atoms with van der Waals surface area (Å²) in [5.74, 6) is 0.0604. The molecule has 0 spiro atoms. The Bertz CT molecular complexity index is 1310. The van der Waals surface area contributed by atoms with Gasteiger partial charge >= 0.3 is 6.03 Å². The number of ether oxygens (including phenoxy) is 1. The number of aryl methyl sites for hydroxylation is 1. The van der Waals surface area contributed by atoms with Gasteiger partial charge in [0.15, 0.2) is 0 Å². The van der Waals surface area contributed by atoms with Crippen LogP contribution in [0.1, 0.15) is 35.1 Å². The maximum atomic E-state index is 14.2. The zero-order valence-electron chi connectivity index (χ0n) is 20.8. The highest BCUT2D eigenvalue weighted by Crippen LogP contribution is 2.47. The highest BCUT2D eigenvalue weighted by atomic mass is 19.1. The van der Waals surface area contributed by atoms with E-state index in [-0.39, 0.29) is 23.6 Å². The van der Waals surface area contributed by atoms with Crippen molar-refractivity contribution in [1.82, 2.24) is 10.6 Å². The Kier molecular flexibility index (Phi) is 7.73. The zero-order valence-corrected chi connectivity index (χ0v) is 20.8. The second-order valence-electron chi connectivity index (χ2n) is 9.35. The number of rotatable bonds is 9. The summed E-state index contributed by atoms with van der Waals surface area (Å²) in [6, 6.07) is 19.6. The average molecular weight is 501 g/mol. The van der Waals surface area contributed by atoms with Gasteiger partial charge in [0.05, 0.1) is 18.7 Å².